The molecule has 0 radical (unpaired) electrons. The molecule has 2 atom stereocenters. The van der Waals surface area contributed by atoms with Crippen molar-refractivity contribution in [3.63, 3.8) is 0 Å². The third-order valence-corrected chi connectivity index (χ3v) is 3.44. The van der Waals surface area contributed by atoms with Gasteiger partial charge in [-0.1, -0.05) is 0 Å². The molecule has 0 saturated carbocycles. The number of nitrogens with one attached hydrogen (secondary N) is 2. The van der Waals surface area contributed by atoms with Gasteiger partial charge in [-0.15, -0.1) is 0 Å². The first-order chi connectivity index (χ1) is 7.30. The highest BCUT2D eigenvalue weighted by molar-refractivity contribution is 7.86. The number of carbonyl (C=O) groups is 2. The van der Waals surface area contributed by atoms with Gasteiger partial charge in [-0.25, -0.2) is 0 Å². The fourth-order valence-electron chi connectivity index (χ4n) is 1.42. The Morgan fingerprint density at radius 1 is 1.44 bits per heavy atom. The van der Waals surface area contributed by atoms with Crippen molar-refractivity contribution in [3.8, 4) is 0 Å². The summed E-state index contributed by atoms with van der Waals surface area (Å²) < 4.78 is 30.3. The Bertz CT molecular complexity index is 392. The van der Waals surface area contributed by atoms with Gasteiger partial charge >= 0.3 is 5.97 Å². The molecule has 0 aromatic heterocycles. The zero-order chi connectivity index (χ0) is 12.3. The van der Waals surface area contributed by atoms with E-state index in [4.69, 9.17) is 9.66 Å². The molecule has 1 heterocycles. The SMILES string of the molecule is O=C(O)CNC(=O)[C@@H]1CC(S(=O)(=O)O)CN1. The highest BCUT2D eigenvalue weighted by Gasteiger charge is 2.36. The molecule has 0 aromatic carbocycles. The smallest absolute Gasteiger partial charge is 0.322 e. The number of aliphatic carboxylic acids is 1. The summed E-state index contributed by atoms with van der Waals surface area (Å²) in [7, 11) is -4.16. The van der Waals surface area contributed by atoms with E-state index in [1.54, 1.807) is 0 Å². The second kappa shape index (κ2) is 4.76. The van der Waals surface area contributed by atoms with Crippen LogP contribution in [-0.4, -0.2) is 54.3 Å². The van der Waals surface area contributed by atoms with Crippen molar-refractivity contribution in [1.82, 2.24) is 10.6 Å². The van der Waals surface area contributed by atoms with Crippen molar-refractivity contribution >= 4 is 22.0 Å². The summed E-state index contributed by atoms with van der Waals surface area (Å²) in [5.41, 5.74) is 0. The fraction of sp³-hybridized carbons (Fsp3) is 0.714. The molecule has 1 saturated heterocycles. The van der Waals surface area contributed by atoms with Crippen LogP contribution in [0.2, 0.25) is 0 Å². The van der Waals surface area contributed by atoms with E-state index in [9.17, 15) is 18.0 Å². The van der Waals surface area contributed by atoms with Gasteiger partial charge in [0.2, 0.25) is 5.91 Å². The monoisotopic (exact) mass is 252 g/mol. The van der Waals surface area contributed by atoms with E-state index in [0.29, 0.717) is 0 Å². The highest BCUT2D eigenvalue weighted by atomic mass is 32.2. The number of hydrogen-bond acceptors (Lipinski definition) is 5. The molecule has 1 aliphatic heterocycles. The second-order valence-corrected chi connectivity index (χ2v) is 5.14. The molecule has 4 N–H and O–H groups in total. The van der Waals surface area contributed by atoms with E-state index < -0.39 is 39.8 Å². The summed E-state index contributed by atoms with van der Waals surface area (Å²) in [5.74, 6) is -1.77. The molecule has 1 rings (SSSR count). The lowest BCUT2D eigenvalue weighted by atomic mass is 10.2. The van der Waals surface area contributed by atoms with E-state index in [0.717, 1.165) is 0 Å². The van der Waals surface area contributed by atoms with Crippen molar-refractivity contribution in [2.75, 3.05) is 13.1 Å². The van der Waals surface area contributed by atoms with Crippen LogP contribution >= 0.6 is 0 Å². The topological polar surface area (TPSA) is 133 Å². The molecule has 16 heavy (non-hydrogen) atoms. The molecule has 1 unspecified atom stereocenters. The largest absolute Gasteiger partial charge is 0.480 e. The van der Waals surface area contributed by atoms with Gasteiger partial charge in [0.25, 0.3) is 10.1 Å². The average Bonchev–Trinajstić information content (AvgIpc) is 2.61. The van der Waals surface area contributed by atoms with Crippen LogP contribution < -0.4 is 10.6 Å². The Kier molecular flexibility index (Phi) is 3.83. The lowest BCUT2D eigenvalue weighted by Crippen LogP contribution is -2.42. The molecule has 1 amide bonds. The zero-order valence-corrected chi connectivity index (χ0v) is 9.03. The molecule has 9 heteroatoms. The van der Waals surface area contributed by atoms with Crippen LogP contribution in [-0.2, 0) is 19.7 Å². The van der Waals surface area contributed by atoms with E-state index in [-0.39, 0.29) is 13.0 Å². The summed E-state index contributed by atoms with van der Waals surface area (Å²) >= 11 is 0. The summed E-state index contributed by atoms with van der Waals surface area (Å²) in [6, 6.07) is -0.786. The number of carboxylic acids is 1. The van der Waals surface area contributed by atoms with Crippen LogP contribution in [0, 0.1) is 0 Å². The minimum absolute atomic E-state index is 0.0238. The number of carboxylic acid groups (broad SMARTS) is 1. The van der Waals surface area contributed by atoms with Crippen molar-refractivity contribution < 1.29 is 27.7 Å². The summed E-state index contributed by atoms with van der Waals surface area (Å²) in [6.07, 6.45) is -0.0652. The molecule has 1 aliphatic rings. The quantitative estimate of drug-likeness (QED) is 0.417. The molecule has 0 spiro atoms. The fourth-order valence-corrected chi connectivity index (χ4v) is 2.16. The van der Waals surface area contributed by atoms with Gasteiger partial charge in [-0.3, -0.25) is 14.1 Å². The lowest BCUT2D eigenvalue weighted by Gasteiger charge is -2.09. The molecule has 0 bridgehead atoms. The first-order valence-corrected chi connectivity index (χ1v) is 6.00. The van der Waals surface area contributed by atoms with Gasteiger partial charge in [-0.2, -0.15) is 8.42 Å². The van der Waals surface area contributed by atoms with Gasteiger partial charge in [-0.05, 0) is 6.42 Å². The molecular formula is C7H12N2O6S. The van der Waals surface area contributed by atoms with Gasteiger partial charge in [0, 0.05) is 6.54 Å². The normalized spacial score (nSPS) is 25.3. The van der Waals surface area contributed by atoms with Crippen molar-refractivity contribution in [2.24, 2.45) is 0 Å². The number of hydrogen-bond donors (Lipinski definition) is 4. The summed E-state index contributed by atoms with van der Waals surface area (Å²) in [5, 5.41) is 12.0. The zero-order valence-electron chi connectivity index (χ0n) is 8.21. The van der Waals surface area contributed by atoms with Gasteiger partial charge in [0.1, 0.15) is 11.8 Å². The first kappa shape index (κ1) is 12.9. The highest BCUT2D eigenvalue weighted by Crippen LogP contribution is 2.13. The van der Waals surface area contributed by atoms with E-state index in [1.165, 1.54) is 0 Å². The minimum Gasteiger partial charge on any atom is -0.480 e. The first-order valence-electron chi connectivity index (χ1n) is 4.50. The Morgan fingerprint density at radius 2 is 2.06 bits per heavy atom. The molecule has 0 aromatic rings. The second-order valence-electron chi connectivity index (χ2n) is 3.45. The van der Waals surface area contributed by atoms with Gasteiger partial charge in [0.15, 0.2) is 0 Å². The summed E-state index contributed by atoms with van der Waals surface area (Å²) in [4.78, 5) is 21.5. The Hall–Kier alpha value is -1.19. The molecular weight excluding hydrogens is 240 g/mol. The molecule has 8 nitrogen and oxygen atoms in total. The third-order valence-electron chi connectivity index (χ3n) is 2.24. The van der Waals surface area contributed by atoms with E-state index in [1.807, 2.05) is 0 Å². The van der Waals surface area contributed by atoms with Gasteiger partial charge < -0.3 is 15.7 Å². The van der Waals surface area contributed by atoms with Crippen LogP contribution in [0.1, 0.15) is 6.42 Å². The summed E-state index contributed by atoms with van der Waals surface area (Å²) in [6.45, 7) is -0.544. The van der Waals surface area contributed by atoms with Crippen molar-refractivity contribution in [3.05, 3.63) is 0 Å². The van der Waals surface area contributed by atoms with E-state index in [2.05, 4.69) is 10.6 Å². The minimum atomic E-state index is -4.16. The molecule has 1 fully saturated rings. The Labute approximate surface area is 91.8 Å². The number of carbonyl (C=O) groups excluding carboxylic acids is 1. The number of amides is 1. The molecule has 92 valence electrons. The average molecular weight is 252 g/mol. The maximum absolute atomic E-state index is 11.3. The predicted molar refractivity (Wildman–Crippen MR) is 52.4 cm³/mol. The van der Waals surface area contributed by atoms with Gasteiger partial charge in [0.05, 0.1) is 6.04 Å². The Morgan fingerprint density at radius 3 is 2.50 bits per heavy atom. The van der Waals surface area contributed by atoms with Crippen LogP contribution in [0.3, 0.4) is 0 Å². The predicted octanol–water partition coefficient (Wildman–Crippen LogP) is -2.19. The van der Waals surface area contributed by atoms with Crippen molar-refractivity contribution in [2.45, 2.75) is 17.7 Å². The van der Waals surface area contributed by atoms with E-state index >= 15 is 0 Å². The standard InChI is InChI=1S/C7H12N2O6S/c10-6(11)3-9-7(12)5-1-4(2-8-5)16(13,14)15/h4-5,8H,1-3H2,(H,9,12)(H,10,11)(H,13,14,15)/t4?,5-/m0/s1. The number of rotatable bonds is 4. The maximum atomic E-state index is 11.3. The Balaban J connectivity index is 2.47. The van der Waals surface area contributed by atoms with Crippen molar-refractivity contribution in [1.29, 1.82) is 0 Å². The van der Waals surface area contributed by atoms with Crippen LogP contribution in [0.4, 0.5) is 0 Å². The molecule has 0 aliphatic carbocycles. The maximum Gasteiger partial charge on any atom is 0.322 e. The van der Waals surface area contributed by atoms with Crippen LogP contribution in [0.5, 0.6) is 0 Å². The van der Waals surface area contributed by atoms with Crippen LogP contribution in [0.15, 0.2) is 0 Å². The van der Waals surface area contributed by atoms with Crippen LogP contribution in [0.25, 0.3) is 0 Å². The lowest BCUT2D eigenvalue weighted by molar-refractivity contribution is -0.138. The third kappa shape index (κ3) is 3.43.